The summed E-state index contributed by atoms with van der Waals surface area (Å²) in [7, 11) is 0. The molecule has 1 saturated carbocycles. The molecule has 0 saturated heterocycles. The molecule has 3 atom stereocenters. The van der Waals surface area contributed by atoms with Gasteiger partial charge in [0.15, 0.2) is 0 Å². The molecule has 1 aromatic rings. The van der Waals surface area contributed by atoms with Crippen molar-refractivity contribution in [3.63, 3.8) is 0 Å². The highest BCUT2D eigenvalue weighted by atomic mass is 35.5. The fourth-order valence-corrected chi connectivity index (χ4v) is 3.34. The molecule has 1 aliphatic carbocycles. The molecule has 1 fully saturated rings. The fourth-order valence-electron chi connectivity index (χ4n) is 3.22. The van der Waals surface area contributed by atoms with Gasteiger partial charge in [-0.2, -0.15) is 0 Å². The van der Waals surface area contributed by atoms with Gasteiger partial charge in [-0.3, -0.25) is 0 Å². The van der Waals surface area contributed by atoms with E-state index < -0.39 is 0 Å². The van der Waals surface area contributed by atoms with E-state index in [1.54, 1.807) is 0 Å². The van der Waals surface area contributed by atoms with E-state index in [0.717, 1.165) is 35.2 Å². The van der Waals surface area contributed by atoms with Crippen LogP contribution in [0, 0.1) is 18.8 Å². The third-order valence-electron chi connectivity index (χ3n) is 4.45. The molecule has 0 aliphatic heterocycles. The molecule has 0 amide bonds. The number of hydrogen-bond donors (Lipinski definition) is 1. The Hall–Kier alpha value is -0.730. The summed E-state index contributed by atoms with van der Waals surface area (Å²) in [5.74, 6) is 2.20. The van der Waals surface area contributed by atoms with Crippen LogP contribution in [0.15, 0.2) is 18.2 Å². The highest BCUT2D eigenvalue weighted by Crippen LogP contribution is 2.34. The number of rotatable bonds is 5. The van der Waals surface area contributed by atoms with Gasteiger partial charge >= 0.3 is 0 Å². The maximum Gasteiger partial charge on any atom is 0.120 e. The van der Waals surface area contributed by atoms with Crippen LogP contribution in [0.25, 0.3) is 0 Å². The number of benzene rings is 1. The molecule has 0 spiro atoms. The Balaban J connectivity index is 2.04. The van der Waals surface area contributed by atoms with Gasteiger partial charge in [0.2, 0.25) is 0 Å². The van der Waals surface area contributed by atoms with E-state index in [2.05, 4.69) is 6.92 Å². The molecule has 3 unspecified atom stereocenters. The lowest BCUT2D eigenvalue weighted by Gasteiger charge is -2.35. The average Bonchev–Trinajstić information content (AvgIpc) is 2.44. The number of ether oxygens (including phenoxy) is 1. The Morgan fingerprint density at radius 1 is 1.35 bits per heavy atom. The average molecular weight is 296 g/mol. The summed E-state index contributed by atoms with van der Waals surface area (Å²) in [4.78, 5) is 0. The minimum absolute atomic E-state index is 0.255. The van der Waals surface area contributed by atoms with Gasteiger partial charge in [-0.05, 0) is 62.4 Å². The summed E-state index contributed by atoms with van der Waals surface area (Å²) in [6.07, 6.45) is 6.44. The second-order valence-electron chi connectivity index (χ2n) is 6.03. The van der Waals surface area contributed by atoms with Crippen molar-refractivity contribution in [1.29, 1.82) is 0 Å². The van der Waals surface area contributed by atoms with Gasteiger partial charge in [0.1, 0.15) is 11.9 Å². The van der Waals surface area contributed by atoms with E-state index in [4.69, 9.17) is 22.1 Å². The summed E-state index contributed by atoms with van der Waals surface area (Å²) in [5, 5.41) is 0.792. The first-order chi connectivity index (χ1) is 9.63. The zero-order valence-electron chi connectivity index (χ0n) is 12.6. The first-order valence-electron chi connectivity index (χ1n) is 7.77. The smallest absolute Gasteiger partial charge is 0.120 e. The molecule has 2 nitrogen and oxygen atoms in total. The monoisotopic (exact) mass is 295 g/mol. The molecule has 0 radical (unpaired) electrons. The standard InChI is InChI=1S/C17H26ClNO/c1-3-4-13-5-6-14(11-19)17(10-13)20-15-7-8-16(18)12(2)9-15/h7-9,13-14,17H,3-6,10-11,19H2,1-2H3. The minimum atomic E-state index is 0.255. The van der Waals surface area contributed by atoms with E-state index >= 15 is 0 Å². The molecule has 0 heterocycles. The molecule has 3 heteroatoms. The normalized spacial score (nSPS) is 26.5. The van der Waals surface area contributed by atoms with Gasteiger partial charge < -0.3 is 10.5 Å². The number of nitrogens with two attached hydrogens (primary N) is 1. The SMILES string of the molecule is CCCC1CCC(CN)C(Oc2ccc(Cl)c(C)c2)C1. The third-order valence-corrected chi connectivity index (χ3v) is 4.88. The second kappa shape index (κ2) is 7.33. The largest absolute Gasteiger partial charge is 0.490 e. The van der Waals surface area contributed by atoms with Gasteiger partial charge in [-0.1, -0.05) is 31.4 Å². The molecule has 1 aliphatic rings. The van der Waals surface area contributed by atoms with Crippen molar-refractivity contribution >= 4 is 11.6 Å². The van der Waals surface area contributed by atoms with Crippen LogP contribution in [0.4, 0.5) is 0 Å². The second-order valence-corrected chi connectivity index (χ2v) is 6.44. The molecule has 2 N–H and O–H groups in total. The predicted octanol–water partition coefficient (Wildman–Crippen LogP) is 4.57. The van der Waals surface area contributed by atoms with Crippen LogP contribution < -0.4 is 10.5 Å². The Kier molecular flexibility index (Phi) is 5.74. The van der Waals surface area contributed by atoms with Gasteiger partial charge in [-0.15, -0.1) is 0 Å². The molecular formula is C17H26ClNO. The molecule has 2 rings (SSSR count). The lowest BCUT2D eigenvalue weighted by atomic mass is 9.78. The van der Waals surface area contributed by atoms with Crippen LogP contribution >= 0.6 is 11.6 Å². The Morgan fingerprint density at radius 3 is 2.80 bits per heavy atom. The van der Waals surface area contributed by atoms with E-state index in [9.17, 15) is 0 Å². The van der Waals surface area contributed by atoms with Gasteiger partial charge in [0, 0.05) is 10.9 Å². The first-order valence-corrected chi connectivity index (χ1v) is 8.14. The Morgan fingerprint density at radius 2 is 2.15 bits per heavy atom. The Bertz CT molecular complexity index is 435. The molecule has 0 aromatic heterocycles. The van der Waals surface area contributed by atoms with Crippen LogP contribution in [0.3, 0.4) is 0 Å². The van der Waals surface area contributed by atoms with Crippen molar-refractivity contribution in [2.45, 2.75) is 52.1 Å². The van der Waals surface area contributed by atoms with E-state index in [-0.39, 0.29) is 6.10 Å². The Labute approximate surface area is 127 Å². The molecule has 0 bridgehead atoms. The maximum atomic E-state index is 6.23. The number of hydrogen-bond acceptors (Lipinski definition) is 2. The first kappa shape index (κ1) is 15.7. The van der Waals surface area contributed by atoms with Crippen LogP contribution in [0.5, 0.6) is 5.75 Å². The van der Waals surface area contributed by atoms with E-state index in [0.29, 0.717) is 5.92 Å². The van der Waals surface area contributed by atoms with Crippen LogP contribution in [0.1, 0.15) is 44.6 Å². The highest BCUT2D eigenvalue weighted by molar-refractivity contribution is 6.31. The van der Waals surface area contributed by atoms with Gasteiger partial charge in [0.25, 0.3) is 0 Å². The lowest BCUT2D eigenvalue weighted by Crippen LogP contribution is -2.38. The van der Waals surface area contributed by atoms with E-state index in [1.807, 2.05) is 25.1 Å². The topological polar surface area (TPSA) is 35.2 Å². The highest BCUT2D eigenvalue weighted by Gasteiger charge is 2.30. The summed E-state index contributed by atoms with van der Waals surface area (Å²) < 4.78 is 6.23. The van der Waals surface area contributed by atoms with Gasteiger partial charge in [0.05, 0.1) is 0 Å². The fraction of sp³-hybridized carbons (Fsp3) is 0.647. The summed E-state index contributed by atoms with van der Waals surface area (Å²) in [6, 6.07) is 5.90. The van der Waals surface area contributed by atoms with Crippen molar-refractivity contribution in [3.8, 4) is 5.75 Å². The molecule has 112 valence electrons. The third kappa shape index (κ3) is 3.89. The maximum absolute atomic E-state index is 6.23. The van der Waals surface area contributed by atoms with Crippen LogP contribution in [-0.4, -0.2) is 12.6 Å². The van der Waals surface area contributed by atoms with Crippen molar-refractivity contribution in [3.05, 3.63) is 28.8 Å². The quantitative estimate of drug-likeness (QED) is 0.863. The summed E-state index contributed by atoms with van der Waals surface area (Å²) >= 11 is 6.07. The number of aryl methyl sites for hydroxylation is 1. The zero-order chi connectivity index (χ0) is 14.5. The molecule has 1 aromatic carbocycles. The van der Waals surface area contributed by atoms with Gasteiger partial charge in [-0.25, -0.2) is 0 Å². The van der Waals surface area contributed by atoms with Crippen molar-refractivity contribution in [2.24, 2.45) is 17.6 Å². The summed E-state index contributed by atoms with van der Waals surface area (Å²) in [5.41, 5.74) is 6.98. The number of halogens is 1. The van der Waals surface area contributed by atoms with Crippen LogP contribution in [-0.2, 0) is 0 Å². The molecular weight excluding hydrogens is 270 g/mol. The van der Waals surface area contributed by atoms with Crippen molar-refractivity contribution < 1.29 is 4.74 Å². The summed E-state index contributed by atoms with van der Waals surface area (Å²) in [6.45, 7) is 4.99. The van der Waals surface area contributed by atoms with Crippen molar-refractivity contribution in [2.75, 3.05) is 6.54 Å². The van der Waals surface area contributed by atoms with Crippen molar-refractivity contribution in [1.82, 2.24) is 0 Å². The van der Waals surface area contributed by atoms with E-state index in [1.165, 1.54) is 25.7 Å². The lowest BCUT2D eigenvalue weighted by molar-refractivity contribution is 0.0668. The predicted molar refractivity (Wildman–Crippen MR) is 85.4 cm³/mol. The van der Waals surface area contributed by atoms with Crippen LogP contribution in [0.2, 0.25) is 5.02 Å². The molecule has 20 heavy (non-hydrogen) atoms. The minimum Gasteiger partial charge on any atom is -0.490 e. The zero-order valence-corrected chi connectivity index (χ0v) is 13.3.